The summed E-state index contributed by atoms with van der Waals surface area (Å²) in [6.45, 7) is 5.00. The molecule has 86 valence electrons. The van der Waals surface area contributed by atoms with Gasteiger partial charge < -0.3 is 5.32 Å². The summed E-state index contributed by atoms with van der Waals surface area (Å²) in [5, 5.41) is 8.76. The van der Waals surface area contributed by atoms with Gasteiger partial charge in [0.2, 0.25) is 0 Å². The van der Waals surface area contributed by atoms with E-state index in [9.17, 15) is 0 Å². The van der Waals surface area contributed by atoms with Crippen molar-refractivity contribution in [3.05, 3.63) is 28.0 Å². The summed E-state index contributed by atoms with van der Waals surface area (Å²) in [4.78, 5) is 5.60. The zero-order chi connectivity index (χ0) is 11.5. The highest BCUT2D eigenvalue weighted by molar-refractivity contribution is 7.11. The minimum absolute atomic E-state index is 0.824. The van der Waals surface area contributed by atoms with E-state index < -0.39 is 0 Å². The molecule has 2 aromatic rings. The van der Waals surface area contributed by atoms with Crippen LogP contribution in [-0.4, -0.2) is 14.8 Å². The van der Waals surface area contributed by atoms with Crippen LogP contribution in [0, 0.1) is 6.92 Å². The summed E-state index contributed by atoms with van der Waals surface area (Å²) < 4.78 is 1.87. The van der Waals surface area contributed by atoms with Crippen LogP contribution in [0.3, 0.4) is 0 Å². The molecule has 4 nitrogen and oxygen atoms in total. The summed E-state index contributed by atoms with van der Waals surface area (Å²) >= 11 is 1.76. The summed E-state index contributed by atoms with van der Waals surface area (Å²) in [6, 6.07) is 0. The van der Waals surface area contributed by atoms with Crippen LogP contribution in [0.15, 0.2) is 12.4 Å². The van der Waals surface area contributed by atoms with Crippen molar-refractivity contribution in [2.45, 2.75) is 26.8 Å². The molecule has 0 radical (unpaired) electrons. The highest BCUT2D eigenvalue weighted by Crippen LogP contribution is 2.17. The first-order valence-corrected chi connectivity index (χ1v) is 6.18. The Kier molecular flexibility index (Phi) is 3.24. The molecule has 0 fully saturated rings. The molecule has 0 aliphatic heterocycles. The van der Waals surface area contributed by atoms with Crippen molar-refractivity contribution in [1.29, 1.82) is 0 Å². The van der Waals surface area contributed by atoms with Crippen molar-refractivity contribution in [3.63, 3.8) is 0 Å². The van der Waals surface area contributed by atoms with Crippen LogP contribution in [0.2, 0.25) is 0 Å². The Balaban J connectivity index is 1.99. The third-order valence-electron chi connectivity index (χ3n) is 2.59. The Hall–Kier alpha value is -1.36. The van der Waals surface area contributed by atoms with E-state index in [4.69, 9.17) is 0 Å². The molecule has 0 unspecified atom stereocenters. The molecule has 2 rings (SSSR count). The Morgan fingerprint density at radius 2 is 2.25 bits per heavy atom. The van der Waals surface area contributed by atoms with Gasteiger partial charge in [-0.05, 0) is 13.3 Å². The quantitative estimate of drug-likeness (QED) is 0.886. The molecule has 0 aromatic carbocycles. The Morgan fingerprint density at radius 1 is 1.44 bits per heavy atom. The fraction of sp³-hybridized carbons (Fsp3) is 0.455. The molecular weight excluding hydrogens is 220 g/mol. The fourth-order valence-electron chi connectivity index (χ4n) is 1.45. The van der Waals surface area contributed by atoms with Crippen molar-refractivity contribution in [2.24, 2.45) is 7.05 Å². The fourth-order valence-corrected chi connectivity index (χ4v) is 2.25. The molecule has 2 aromatic heterocycles. The summed E-state index contributed by atoms with van der Waals surface area (Å²) in [7, 11) is 1.95. The van der Waals surface area contributed by atoms with Gasteiger partial charge in [-0.2, -0.15) is 5.10 Å². The number of anilines is 1. The lowest BCUT2D eigenvalue weighted by atomic mass is 10.4. The van der Waals surface area contributed by atoms with Gasteiger partial charge in [0.1, 0.15) is 0 Å². The van der Waals surface area contributed by atoms with Crippen LogP contribution in [-0.2, 0) is 20.0 Å². The predicted octanol–water partition coefficient (Wildman–Crippen LogP) is 2.36. The van der Waals surface area contributed by atoms with E-state index in [2.05, 4.69) is 29.2 Å². The molecule has 2 heterocycles. The van der Waals surface area contributed by atoms with E-state index in [0.29, 0.717) is 0 Å². The molecular formula is C11H16N4S. The maximum Gasteiger partial charge on any atom is 0.0925 e. The van der Waals surface area contributed by atoms with Gasteiger partial charge in [0.25, 0.3) is 0 Å². The number of aryl methyl sites for hydroxylation is 2. The minimum atomic E-state index is 0.824. The van der Waals surface area contributed by atoms with E-state index in [0.717, 1.165) is 24.3 Å². The van der Waals surface area contributed by atoms with Crippen LogP contribution < -0.4 is 5.32 Å². The van der Waals surface area contributed by atoms with Crippen LogP contribution in [0.1, 0.15) is 22.5 Å². The molecule has 5 heteroatoms. The zero-order valence-corrected chi connectivity index (χ0v) is 10.6. The van der Waals surface area contributed by atoms with Crippen molar-refractivity contribution in [2.75, 3.05) is 5.32 Å². The highest BCUT2D eigenvalue weighted by Gasteiger charge is 2.04. The lowest BCUT2D eigenvalue weighted by Crippen LogP contribution is -1.99. The first-order chi connectivity index (χ1) is 7.70. The third-order valence-corrected chi connectivity index (χ3v) is 3.73. The van der Waals surface area contributed by atoms with Crippen molar-refractivity contribution < 1.29 is 0 Å². The topological polar surface area (TPSA) is 42.7 Å². The Bertz CT molecular complexity index is 472. The largest absolute Gasteiger partial charge is 0.377 e. The molecule has 0 amide bonds. The van der Waals surface area contributed by atoms with Gasteiger partial charge in [0.15, 0.2) is 0 Å². The van der Waals surface area contributed by atoms with Gasteiger partial charge in [-0.3, -0.25) is 4.68 Å². The monoisotopic (exact) mass is 236 g/mol. The van der Waals surface area contributed by atoms with E-state index >= 15 is 0 Å². The smallest absolute Gasteiger partial charge is 0.0925 e. The SMILES string of the molecule is CCc1ncc(CNc2cnn(C)c2C)s1. The van der Waals surface area contributed by atoms with Crippen molar-refractivity contribution in [3.8, 4) is 0 Å². The lowest BCUT2D eigenvalue weighted by Gasteiger charge is -2.02. The van der Waals surface area contributed by atoms with E-state index in [1.807, 2.05) is 24.1 Å². The van der Waals surface area contributed by atoms with E-state index in [1.54, 1.807) is 11.3 Å². The van der Waals surface area contributed by atoms with Crippen LogP contribution >= 0.6 is 11.3 Å². The molecule has 0 spiro atoms. The first kappa shape index (κ1) is 11.1. The van der Waals surface area contributed by atoms with Crippen LogP contribution in [0.25, 0.3) is 0 Å². The van der Waals surface area contributed by atoms with Gasteiger partial charge in [-0.25, -0.2) is 4.98 Å². The summed E-state index contributed by atoms with van der Waals surface area (Å²) in [5.41, 5.74) is 2.24. The van der Waals surface area contributed by atoms with Crippen LogP contribution in [0.4, 0.5) is 5.69 Å². The maximum absolute atomic E-state index is 4.33. The maximum atomic E-state index is 4.33. The van der Waals surface area contributed by atoms with Crippen molar-refractivity contribution >= 4 is 17.0 Å². The number of hydrogen-bond acceptors (Lipinski definition) is 4. The average molecular weight is 236 g/mol. The van der Waals surface area contributed by atoms with Gasteiger partial charge in [0.05, 0.1) is 29.1 Å². The number of nitrogens with zero attached hydrogens (tertiary/aromatic N) is 3. The second-order valence-corrected chi connectivity index (χ2v) is 4.89. The van der Waals surface area contributed by atoms with Crippen molar-refractivity contribution in [1.82, 2.24) is 14.8 Å². The van der Waals surface area contributed by atoms with E-state index in [-0.39, 0.29) is 0 Å². The predicted molar refractivity (Wildman–Crippen MR) is 66.8 cm³/mol. The molecule has 0 aliphatic carbocycles. The first-order valence-electron chi connectivity index (χ1n) is 5.36. The second-order valence-electron chi connectivity index (χ2n) is 3.69. The molecule has 0 atom stereocenters. The summed E-state index contributed by atoms with van der Waals surface area (Å²) in [5.74, 6) is 0. The molecule has 0 aliphatic rings. The normalized spacial score (nSPS) is 10.7. The average Bonchev–Trinajstić information content (AvgIpc) is 2.86. The molecule has 16 heavy (non-hydrogen) atoms. The van der Waals surface area contributed by atoms with Gasteiger partial charge in [-0.15, -0.1) is 11.3 Å². The molecule has 0 saturated heterocycles. The number of nitrogens with one attached hydrogen (secondary N) is 1. The Morgan fingerprint density at radius 3 is 2.81 bits per heavy atom. The summed E-state index contributed by atoms with van der Waals surface area (Å²) in [6.07, 6.45) is 4.82. The van der Waals surface area contributed by atoms with Gasteiger partial charge in [0, 0.05) is 18.1 Å². The van der Waals surface area contributed by atoms with E-state index in [1.165, 1.54) is 9.88 Å². The van der Waals surface area contributed by atoms with Gasteiger partial charge in [-0.1, -0.05) is 6.92 Å². The molecule has 0 bridgehead atoms. The Labute approximate surface area is 99.3 Å². The minimum Gasteiger partial charge on any atom is -0.377 e. The standard InChI is InChI=1S/C11H16N4S/c1-4-11-13-6-9(16-11)5-12-10-7-14-15(3)8(10)2/h6-7,12H,4-5H2,1-3H3. The molecule has 1 N–H and O–H groups in total. The number of thiazole rings is 1. The molecule has 0 saturated carbocycles. The number of rotatable bonds is 4. The van der Waals surface area contributed by atoms with Gasteiger partial charge >= 0.3 is 0 Å². The second kappa shape index (κ2) is 4.65. The highest BCUT2D eigenvalue weighted by atomic mass is 32.1. The third kappa shape index (κ3) is 2.24. The number of aromatic nitrogens is 3. The van der Waals surface area contributed by atoms with Crippen LogP contribution in [0.5, 0.6) is 0 Å². The zero-order valence-electron chi connectivity index (χ0n) is 9.82. The lowest BCUT2D eigenvalue weighted by molar-refractivity contribution is 0.740. The number of hydrogen-bond donors (Lipinski definition) is 1.